The SMILES string of the molecule is CCOC(N)(CCCO)C(=O)O. The highest BCUT2D eigenvalue weighted by atomic mass is 16.5. The Bertz CT molecular complexity index is 150. The lowest BCUT2D eigenvalue weighted by Crippen LogP contribution is -2.50. The van der Waals surface area contributed by atoms with Crippen LogP contribution in [-0.2, 0) is 9.53 Å². The summed E-state index contributed by atoms with van der Waals surface area (Å²) in [6, 6.07) is 0. The van der Waals surface area contributed by atoms with Crippen LogP contribution in [-0.4, -0.2) is 35.1 Å². The highest BCUT2D eigenvalue weighted by molar-refractivity contribution is 5.76. The van der Waals surface area contributed by atoms with Crippen molar-refractivity contribution in [3.63, 3.8) is 0 Å². The van der Waals surface area contributed by atoms with E-state index in [2.05, 4.69) is 0 Å². The van der Waals surface area contributed by atoms with E-state index >= 15 is 0 Å². The van der Waals surface area contributed by atoms with Crippen molar-refractivity contribution in [3.05, 3.63) is 0 Å². The Morgan fingerprint density at radius 3 is 2.58 bits per heavy atom. The summed E-state index contributed by atoms with van der Waals surface area (Å²) < 4.78 is 4.86. The fourth-order valence-electron chi connectivity index (χ4n) is 0.840. The molecule has 0 spiro atoms. The number of aliphatic hydroxyl groups is 1. The number of aliphatic hydroxyl groups excluding tert-OH is 1. The summed E-state index contributed by atoms with van der Waals surface area (Å²) in [6.45, 7) is 1.83. The van der Waals surface area contributed by atoms with Crippen molar-refractivity contribution >= 4 is 5.97 Å². The maximum Gasteiger partial charge on any atom is 0.351 e. The third-order valence-electron chi connectivity index (χ3n) is 1.47. The number of nitrogens with two attached hydrogens (primary N) is 1. The normalized spacial score (nSPS) is 15.6. The third-order valence-corrected chi connectivity index (χ3v) is 1.47. The van der Waals surface area contributed by atoms with Crippen molar-refractivity contribution in [1.82, 2.24) is 0 Å². The first-order chi connectivity index (χ1) is 5.56. The van der Waals surface area contributed by atoms with Gasteiger partial charge in [-0.1, -0.05) is 0 Å². The van der Waals surface area contributed by atoms with Crippen LogP contribution in [0.25, 0.3) is 0 Å². The first-order valence-corrected chi connectivity index (χ1v) is 3.84. The van der Waals surface area contributed by atoms with Crippen molar-refractivity contribution in [2.45, 2.75) is 25.5 Å². The van der Waals surface area contributed by atoms with Gasteiger partial charge in [0.15, 0.2) is 0 Å². The zero-order chi connectivity index (χ0) is 9.61. The molecular formula is C7H15NO4. The van der Waals surface area contributed by atoms with Gasteiger partial charge in [-0.05, 0) is 13.3 Å². The van der Waals surface area contributed by atoms with Crippen molar-refractivity contribution in [1.29, 1.82) is 0 Å². The average Bonchev–Trinajstić information content (AvgIpc) is 2.01. The predicted molar refractivity (Wildman–Crippen MR) is 42.5 cm³/mol. The van der Waals surface area contributed by atoms with Crippen molar-refractivity contribution in [3.8, 4) is 0 Å². The van der Waals surface area contributed by atoms with Gasteiger partial charge in [0.1, 0.15) is 0 Å². The molecule has 72 valence electrons. The molecule has 0 heterocycles. The van der Waals surface area contributed by atoms with Crippen LogP contribution in [0.2, 0.25) is 0 Å². The van der Waals surface area contributed by atoms with Gasteiger partial charge in [-0.15, -0.1) is 0 Å². The summed E-state index contributed by atoms with van der Waals surface area (Å²) in [5.74, 6) is -1.20. The van der Waals surface area contributed by atoms with Gasteiger partial charge in [-0.3, -0.25) is 5.73 Å². The Kier molecular flexibility index (Phi) is 4.80. The quantitative estimate of drug-likeness (QED) is 0.477. The maximum absolute atomic E-state index is 10.6. The van der Waals surface area contributed by atoms with E-state index in [-0.39, 0.29) is 19.6 Å². The molecule has 0 aromatic rings. The monoisotopic (exact) mass is 177 g/mol. The number of carboxylic acids is 1. The molecule has 0 aliphatic carbocycles. The molecule has 0 amide bonds. The molecule has 4 N–H and O–H groups in total. The summed E-state index contributed by atoms with van der Waals surface area (Å²) in [5.41, 5.74) is 3.76. The van der Waals surface area contributed by atoms with Crippen molar-refractivity contribution in [2.75, 3.05) is 13.2 Å². The second-order valence-electron chi connectivity index (χ2n) is 2.45. The van der Waals surface area contributed by atoms with Crippen molar-refractivity contribution in [2.24, 2.45) is 5.73 Å². The zero-order valence-corrected chi connectivity index (χ0v) is 7.12. The number of aliphatic carboxylic acids is 1. The molecule has 0 aromatic heterocycles. The van der Waals surface area contributed by atoms with Crippen LogP contribution in [0, 0.1) is 0 Å². The van der Waals surface area contributed by atoms with Gasteiger partial charge >= 0.3 is 5.97 Å². The number of hydrogen-bond acceptors (Lipinski definition) is 4. The summed E-state index contributed by atoms with van der Waals surface area (Å²) >= 11 is 0. The van der Waals surface area contributed by atoms with Gasteiger partial charge in [-0.2, -0.15) is 0 Å². The van der Waals surface area contributed by atoms with Crippen LogP contribution in [0.5, 0.6) is 0 Å². The molecule has 5 nitrogen and oxygen atoms in total. The molecule has 1 unspecified atom stereocenters. The van der Waals surface area contributed by atoms with Crippen LogP contribution >= 0.6 is 0 Å². The highest BCUT2D eigenvalue weighted by Crippen LogP contribution is 2.11. The van der Waals surface area contributed by atoms with E-state index in [0.29, 0.717) is 6.42 Å². The van der Waals surface area contributed by atoms with Gasteiger partial charge in [0.2, 0.25) is 5.72 Å². The van der Waals surface area contributed by atoms with E-state index in [1.165, 1.54) is 0 Å². The minimum absolute atomic E-state index is 0.0840. The summed E-state index contributed by atoms with van der Waals surface area (Å²) in [5, 5.41) is 17.1. The van der Waals surface area contributed by atoms with Crippen molar-refractivity contribution < 1.29 is 19.7 Å². The topological polar surface area (TPSA) is 92.8 Å². The van der Waals surface area contributed by atoms with Gasteiger partial charge < -0.3 is 14.9 Å². The molecular weight excluding hydrogens is 162 g/mol. The number of rotatable bonds is 6. The average molecular weight is 177 g/mol. The van der Waals surface area contributed by atoms with Crippen LogP contribution in [0.4, 0.5) is 0 Å². The Balaban J connectivity index is 4.08. The van der Waals surface area contributed by atoms with Gasteiger partial charge in [-0.25, -0.2) is 4.79 Å². The van der Waals surface area contributed by atoms with E-state index in [9.17, 15) is 4.79 Å². The first-order valence-electron chi connectivity index (χ1n) is 3.84. The van der Waals surface area contributed by atoms with E-state index in [0.717, 1.165) is 0 Å². The largest absolute Gasteiger partial charge is 0.478 e. The molecule has 0 bridgehead atoms. The lowest BCUT2D eigenvalue weighted by atomic mass is 10.1. The lowest BCUT2D eigenvalue weighted by molar-refractivity contribution is -0.166. The zero-order valence-electron chi connectivity index (χ0n) is 7.12. The second-order valence-corrected chi connectivity index (χ2v) is 2.45. The number of carboxylic acid groups (broad SMARTS) is 1. The number of ether oxygens (including phenoxy) is 1. The minimum atomic E-state index is -1.64. The van der Waals surface area contributed by atoms with Crippen LogP contribution in [0.1, 0.15) is 19.8 Å². The Labute approximate surface area is 71.1 Å². The molecule has 0 aliphatic rings. The van der Waals surface area contributed by atoms with Crippen LogP contribution in [0.3, 0.4) is 0 Å². The molecule has 0 aromatic carbocycles. The lowest BCUT2D eigenvalue weighted by Gasteiger charge is -2.23. The Hall–Kier alpha value is -0.650. The van der Waals surface area contributed by atoms with E-state index in [1.54, 1.807) is 6.92 Å². The summed E-state index contributed by atoms with van der Waals surface area (Å²) in [4.78, 5) is 10.6. The van der Waals surface area contributed by atoms with E-state index in [4.69, 9.17) is 20.7 Å². The van der Waals surface area contributed by atoms with Gasteiger partial charge in [0.25, 0.3) is 0 Å². The smallest absolute Gasteiger partial charge is 0.351 e. The van der Waals surface area contributed by atoms with Gasteiger partial charge in [0.05, 0.1) is 0 Å². The van der Waals surface area contributed by atoms with E-state index in [1.807, 2.05) is 0 Å². The highest BCUT2D eigenvalue weighted by Gasteiger charge is 2.33. The van der Waals surface area contributed by atoms with E-state index < -0.39 is 11.7 Å². The first kappa shape index (κ1) is 11.4. The molecule has 0 radical (unpaired) electrons. The fourth-order valence-corrected chi connectivity index (χ4v) is 0.840. The molecule has 1 atom stereocenters. The third kappa shape index (κ3) is 3.17. The molecule has 12 heavy (non-hydrogen) atoms. The maximum atomic E-state index is 10.6. The molecule has 0 saturated heterocycles. The molecule has 0 rings (SSSR count). The summed E-state index contributed by atoms with van der Waals surface area (Å²) in [6.07, 6.45) is 0.440. The summed E-state index contributed by atoms with van der Waals surface area (Å²) in [7, 11) is 0. The Morgan fingerprint density at radius 2 is 2.25 bits per heavy atom. The standard InChI is InChI=1S/C7H15NO4/c1-2-12-7(8,6(10)11)4-3-5-9/h9H,2-5,8H2,1H3,(H,10,11). The molecule has 5 heteroatoms. The van der Waals surface area contributed by atoms with Crippen LogP contribution in [0.15, 0.2) is 0 Å². The van der Waals surface area contributed by atoms with Crippen LogP contribution < -0.4 is 5.73 Å². The molecule has 0 aliphatic heterocycles. The predicted octanol–water partition coefficient (Wildman–Crippen LogP) is -0.465. The second kappa shape index (κ2) is 5.08. The number of hydrogen-bond donors (Lipinski definition) is 3. The van der Waals surface area contributed by atoms with Gasteiger partial charge in [0, 0.05) is 19.6 Å². The minimum Gasteiger partial charge on any atom is -0.478 e. The molecule has 0 fully saturated rings. The number of carbonyl (C=O) groups is 1. The fraction of sp³-hybridized carbons (Fsp3) is 0.857. The molecule has 0 saturated carbocycles. The Morgan fingerprint density at radius 1 is 1.67 bits per heavy atom.